The lowest BCUT2D eigenvalue weighted by molar-refractivity contribution is -0.665. The van der Waals surface area contributed by atoms with Crippen LogP contribution in [0.15, 0.2) is 12.1 Å². The average Bonchev–Trinajstić information content (AvgIpc) is 2.56. The number of nitrogens with two attached hydrogens (primary N) is 1. The van der Waals surface area contributed by atoms with Crippen LogP contribution < -0.4 is 5.32 Å². The molecule has 1 heterocycles. The molecule has 2 N–H and O–H groups in total. The van der Waals surface area contributed by atoms with Crippen LogP contribution in [0.1, 0.15) is 37.0 Å². The van der Waals surface area contributed by atoms with E-state index in [1.54, 1.807) is 6.07 Å². The van der Waals surface area contributed by atoms with Crippen LogP contribution in [0.25, 0.3) is 0 Å². The van der Waals surface area contributed by atoms with E-state index < -0.39 is 17.5 Å². The van der Waals surface area contributed by atoms with E-state index in [9.17, 15) is 9.59 Å². The summed E-state index contributed by atoms with van der Waals surface area (Å²) in [6.07, 6.45) is 2.05. The predicted octanol–water partition coefficient (Wildman–Crippen LogP) is 2.95. The van der Waals surface area contributed by atoms with Crippen LogP contribution in [-0.4, -0.2) is 37.2 Å². The van der Waals surface area contributed by atoms with E-state index in [0.717, 1.165) is 36.6 Å². The molecule has 1 aliphatic rings. The lowest BCUT2D eigenvalue weighted by Crippen LogP contribution is -2.86. The van der Waals surface area contributed by atoms with Gasteiger partial charge >= 0.3 is 11.9 Å². The Bertz CT molecular complexity index is 658. The fourth-order valence-corrected chi connectivity index (χ4v) is 5.31. The summed E-state index contributed by atoms with van der Waals surface area (Å²) in [5.74, 6) is -0.651. The van der Waals surface area contributed by atoms with E-state index >= 15 is 0 Å². The highest BCUT2D eigenvalue weighted by atomic mass is 127. The second-order valence-electron chi connectivity index (χ2n) is 6.54. The largest absolute Gasteiger partial charge is 0.457 e. The van der Waals surface area contributed by atoms with Gasteiger partial charge in [-0.2, -0.15) is 0 Å². The van der Waals surface area contributed by atoms with E-state index in [0.29, 0.717) is 11.5 Å². The number of halogens is 3. The summed E-state index contributed by atoms with van der Waals surface area (Å²) in [4.78, 5) is 24.4. The number of hydrogen-bond donors (Lipinski definition) is 1. The Hall–Kier alpha value is 0.310. The quantitative estimate of drug-likeness (QED) is 0.295. The zero-order valence-corrected chi connectivity index (χ0v) is 20.6. The van der Waals surface area contributed by atoms with Gasteiger partial charge in [0.2, 0.25) is 0 Å². The third kappa shape index (κ3) is 6.16. The summed E-state index contributed by atoms with van der Waals surface area (Å²) in [5, 5.41) is 2.28. The number of hydrogen-bond acceptors (Lipinski definition) is 4. The third-order valence-corrected chi connectivity index (χ3v) is 8.00. The standard InChI is InChI=1S/C17H20I3NO4/c1-17(2,10-3-5-21-6-4-10)25-14(22)9-24-16(23)12-7-11(18)8-13(19)15(12)20/h7-8,10,21H,3-6,9H2,1-2H3/p+1. The van der Waals surface area contributed by atoms with Gasteiger partial charge < -0.3 is 14.8 Å². The molecule has 138 valence electrons. The van der Waals surface area contributed by atoms with Gasteiger partial charge in [-0.15, -0.1) is 0 Å². The van der Waals surface area contributed by atoms with Crippen molar-refractivity contribution in [3.8, 4) is 0 Å². The number of quaternary nitrogens is 1. The van der Waals surface area contributed by atoms with Gasteiger partial charge in [0.1, 0.15) is 5.60 Å². The fourth-order valence-electron chi connectivity index (χ4n) is 2.93. The van der Waals surface area contributed by atoms with Crippen molar-refractivity contribution in [1.82, 2.24) is 0 Å². The van der Waals surface area contributed by atoms with Crippen molar-refractivity contribution < 1.29 is 24.4 Å². The molecular weight excluding hydrogens is 663 g/mol. The van der Waals surface area contributed by atoms with Crippen molar-refractivity contribution in [1.29, 1.82) is 0 Å². The minimum absolute atomic E-state index is 0.343. The molecule has 1 aliphatic heterocycles. The van der Waals surface area contributed by atoms with Crippen molar-refractivity contribution in [3.05, 3.63) is 28.4 Å². The summed E-state index contributed by atoms with van der Waals surface area (Å²) >= 11 is 6.45. The van der Waals surface area contributed by atoms with Crippen LogP contribution in [0, 0.1) is 16.6 Å². The van der Waals surface area contributed by atoms with Crippen molar-refractivity contribution >= 4 is 79.7 Å². The van der Waals surface area contributed by atoms with E-state index in [4.69, 9.17) is 9.47 Å². The molecule has 1 aromatic carbocycles. The molecule has 2 rings (SSSR count). The lowest BCUT2D eigenvalue weighted by Gasteiger charge is -2.35. The van der Waals surface area contributed by atoms with Crippen LogP contribution >= 0.6 is 67.8 Å². The van der Waals surface area contributed by atoms with Crippen molar-refractivity contribution in [3.63, 3.8) is 0 Å². The molecule has 1 saturated heterocycles. The number of rotatable bonds is 5. The summed E-state index contributed by atoms with van der Waals surface area (Å²) in [7, 11) is 0. The summed E-state index contributed by atoms with van der Waals surface area (Å²) in [6.45, 7) is 5.63. The second kappa shape index (κ2) is 9.49. The number of carbonyl (C=O) groups excluding carboxylic acids is 2. The van der Waals surface area contributed by atoms with Crippen molar-refractivity contribution in [2.75, 3.05) is 19.7 Å². The Morgan fingerprint density at radius 2 is 1.84 bits per heavy atom. The fraction of sp³-hybridized carbons (Fsp3) is 0.529. The normalized spacial score (nSPS) is 15.7. The van der Waals surface area contributed by atoms with Crippen LogP contribution in [0.4, 0.5) is 0 Å². The van der Waals surface area contributed by atoms with Gasteiger partial charge in [-0.3, -0.25) is 0 Å². The number of carbonyl (C=O) groups is 2. The Balaban J connectivity index is 1.92. The molecule has 1 fully saturated rings. The smallest absolute Gasteiger partial charge is 0.344 e. The second-order valence-corrected chi connectivity index (χ2v) is 10.0. The average molecular weight is 684 g/mol. The predicted molar refractivity (Wildman–Crippen MR) is 119 cm³/mol. The van der Waals surface area contributed by atoms with Gasteiger partial charge in [0, 0.05) is 29.5 Å². The molecule has 0 bridgehead atoms. The van der Waals surface area contributed by atoms with E-state index in [-0.39, 0.29) is 6.61 Å². The Morgan fingerprint density at radius 3 is 2.48 bits per heavy atom. The lowest BCUT2D eigenvalue weighted by atomic mass is 9.83. The maximum absolute atomic E-state index is 12.3. The van der Waals surface area contributed by atoms with Gasteiger partial charge in [-0.25, -0.2) is 9.59 Å². The van der Waals surface area contributed by atoms with Crippen LogP contribution in [-0.2, 0) is 14.3 Å². The molecule has 8 heteroatoms. The van der Waals surface area contributed by atoms with Crippen LogP contribution in [0.2, 0.25) is 0 Å². The Labute approximate surface area is 188 Å². The topological polar surface area (TPSA) is 69.2 Å². The Morgan fingerprint density at radius 1 is 1.20 bits per heavy atom. The number of benzene rings is 1. The highest BCUT2D eigenvalue weighted by molar-refractivity contribution is 14.1. The van der Waals surface area contributed by atoms with Crippen molar-refractivity contribution in [2.24, 2.45) is 5.92 Å². The molecule has 0 saturated carbocycles. The monoisotopic (exact) mass is 684 g/mol. The molecular formula is C17H21I3NO4+. The number of esters is 2. The van der Waals surface area contributed by atoms with Gasteiger partial charge in [-0.1, -0.05) is 0 Å². The minimum atomic E-state index is -0.538. The molecule has 0 unspecified atom stereocenters. The molecule has 0 atom stereocenters. The number of piperidine rings is 1. The van der Waals surface area contributed by atoms with Gasteiger partial charge in [-0.05, 0) is 93.8 Å². The SMILES string of the molecule is CC(C)(OC(=O)COC(=O)c1cc(I)cc(I)c1I)C1CC[NH2+]CC1. The third-order valence-electron chi connectivity index (χ3n) is 4.33. The van der Waals surface area contributed by atoms with Crippen LogP contribution in [0.5, 0.6) is 0 Å². The summed E-state index contributed by atoms with van der Waals surface area (Å²) in [5.41, 5.74) is -0.0595. The molecule has 0 radical (unpaired) electrons. The molecule has 0 amide bonds. The minimum Gasteiger partial charge on any atom is -0.457 e. The molecule has 0 aliphatic carbocycles. The maximum atomic E-state index is 12.3. The first-order valence-electron chi connectivity index (χ1n) is 8.06. The molecule has 0 spiro atoms. The van der Waals surface area contributed by atoms with E-state index in [1.807, 2.05) is 19.9 Å². The molecule has 1 aromatic rings. The van der Waals surface area contributed by atoms with E-state index in [2.05, 4.69) is 73.1 Å². The summed E-state index contributed by atoms with van der Waals surface area (Å²) in [6, 6.07) is 3.75. The molecule has 5 nitrogen and oxygen atoms in total. The highest BCUT2D eigenvalue weighted by Gasteiger charge is 2.35. The van der Waals surface area contributed by atoms with E-state index in [1.165, 1.54) is 0 Å². The summed E-state index contributed by atoms with van der Waals surface area (Å²) < 4.78 is 13.6. The van der Waals surface area contributed by atoms with Gasteiger partial charge in [0.25, 0.3) is 0 Å². The first-order chi connectivity index (χ1) is 11.7. The maximum Gasteiger partial charge on any atom is 0.344 e. The van der Waals surface area contributed by atoms with Gasteiger partial charge in [0.15, 0.2) is 6.61 Å². The van der Waals surface area contributed by atoms with Gasteiger partial charge in [0.05, 0.1) is 18.7 Å². The number of ether oxygens (including phenoxy) is 2. The molecule has 25 heavy (non-hydrogen) atoms. The van der Waals surface area contributed by atoms with Crippen molar-refractivity contribution in [2.45, 2.75) is 32.3 Å². The zero-order chi connectivity index (χ0) is 18.6. The first-order valence-corrected chi connectivity index (χ1v) is 11.3. The zero-order valence-electron chi connectivity index (χ0n) is 14.1. The molecule has 0 aromatic heterocycles. The highest BCUT2D eigenvalue weighted by Crippen LogP contribution is 2.28. The van der Waals surface area contributed by atoms with Crippen LogP contribution in [0.3, 0.4) is 0 Å². The Kier molecular flexibility index (Phi) is 8.20. The first kappa shape index (κ1) is 21.6.